The van der Waals surface area contributed by atoms with Crippen LogP contribution in [0.15, 0.2) is 43.0 Å². The van der Waals surface area contributed by atoms with Crippen LogP contribution in [0.2, 0.25) is 0 Å². The van der Waals surface area contributed by atoms with Crippen LogP contribution in [0.25, 0.3) is 0 Å². The molecule has 0 saturated heterocycles. The monoisotopic (exact) mass is 289 g/mol. The van der Waals surface area contributed by atoms with Gasteiger partial charge in [0.05, 0.1) is 5.92 Å². The molecule has 0 amide bonds. The molecule has 0 fully saturated rings. The van der Waals surface area contributed by atoms with Crippen LogP contribution < -0.4 is 5.32 Å². The predicted molar refractivity (Wildman–Crippen MR) is 86.9 cm³/mol. The van der Waals surface area contributed by atoms with E-state index in [2.05, 4.69) is 24.0 Å². The minimum Gasteiger partial charge on any atom is -0.460 e. The zero-order valence-corrected chi connectivity index (χ0v) is 13.6. The molecule has 1 aromatic carbocycles. The number of benzene rings is 1. The summed E-state index contributed by atoms with van der Waals surface area (Å²) in [5, 5.41) is 3.40. The van der Waals surface area contributed by atoms with Crippen LogP contribution in [-0.2, 0) is 16.1 Å². The number of hydrogen-bond donors (Lipinski definition) is 1. The van der Waals surface area contributed by atoms with Gasteiger partial charge in [0.2, 0.25) is 0 Å². The average Bonchev–Trinajstić information content (AvgIpc) is 2.41. The van der Waals surface area contributed by atoms with E-state index >= 15 is 0 Å². The Labute approximate surface area is 128 Å². The number of nitrogens with one attached hydrogen (secondary N) is 1. The zero-order valence-electron chi connectivity index (χ0n) is 13.6. The summed E-state index contributed by atoms with van der Waals surface area (Å²) in [5.74, 6) is -0.388. The molecule has 116 valence electrons. The fourth-order valence-electron chi connectivity index (χ4n) is 2.08. The minimum absolute atomic E-state index is 0.0260. The van der Waals surface area contributed by atoms with Crippen molar-refractivity contribution < 1.29 is 9.53 Å². The first-order valence-electron chi connectivity index (χ1n) is 7.44. The molecule has 1 aromatic rings. The molecule has 0 heterocycles. The van der Waals surface area contributed by atoms with Crippen LogP contribution in [0.4, 0.5) is 0 Å². The molecule has 0 unspecified atom stereocenters. The Morgan fingerprint density at radius 2 is 1.95 bits per heavy atom. The van der Waals surface area contributed by atoms with Crippen LogP contribution in [0.3, 0.4) is 0 Å². The Kier molecular flexibility index (Phi) is 6.63. The van der Waals surface area contributed by atoms with Gasteiger partial charge in [0, 0.05) is 12.6 Å². The lowest BCUT2D eigenvalue weighted by molar-refractivity contribution is -0.160. The largest absolute Gasteiger partial charge is 0.460 e. The Bertz CT molecular complexity index is 448. The van der Waals surface area contributed by atoms with Gasteiger partial charge in [0.15, 0.2) is 0 Å². The first kappa shape index (κ1) is 17.4. The molecule has 0 radical (unpaired) electrons. The Hall–Kier alpha value is -1.61. The topological polar surface area (TPSA) is 38.3 Å². The average molecular weight is 289 g/mol. The maximum atomic E-state index is 12.3. The van der Waals surface area contributed by atoms with Gasteiger partial charge in [-0.15, -0.1) is 6.58 Å². The summed E-state index contributed by atoms with van der Waals surface area (Å²) in [6.07, 6.45) is 2.38. The second-order valence-electron chi connectivity index (χ2n) is 6.32. The van der Waals surface area contributed by atoms with Gasteiger partial charge in [-0.2, -0.15) is 0 Å². The van der Waals surface area contributed by atoms with Crippen LogP contribution in [0.5, 0.6) is 0 Å². The van der Waals surface area contributed by atoms with Crippen LogP contribution >= 0.6 is 0 Å². The van der Waals surface area contributed by atoms with E-state index in [4.69, 9.17) is 4.74 Å². The highest BCUT2D eigenvalue weighted by Crippen LogP contribution is 2.17. The molecule has 2 atom stereocenters. The van der Waals surface area contributed by atoms with E-state index in [9.17, 15) is 4.79 Å². The number of esters is 1. The Morgan fingerprint density at radius 3 is 2.48 bits per heavy atom. The molecule has 1 N–H and O–H groups in total. The van der Waals surface area contributed by atoms with E-state index in [0.29, 0.717) is 6.42 Å². The summed E-state index contributed by atoms with van der Waals surface area (Å²) in [7, 11) is 0. The molecule has 0 aliphatic rings. The molecule has 0 aliphatic heterocycles. The van der Waals surface area contributed by atoms with Crippen molar-refractivity contribution in [3.63, 3.8) is 0 Å². The number of ether oxygens (including phenoxy) is 1. The lowest BCUT2D eigenvalue weighted by Crippen LogP contribution is -2.40. The van der Waals surface area contributed by atoms with E-state index in [0.717, 1.165) is 6.54 Å². The molecule has 0 aliphatic carbocycles. The summed E-state index contributed by atoms with van der Waals surface area (Å²) in [5.41, 5.74) is 0.737. The normalized spacial score (nSPS) is 14.3. The first-order chi connectivity index (χ1) is 9.83. The number of allylic oxidation sites excluding steroid dienone is 1. The van der Waals surface area contributed by atoms with Gasteiger partial charge in [-0.3, -0.25) is 4.79 Å². The van der Waals surface area contributed by atoms with Crippen LogP contribution in [-0.4, -0.2) is 17.6 Å². The summed E-state index contributed by atoms with van der Waals surface area (Å²) in [6.45, 7) is 12.2. The molecular formula is C18H27NO2. The molecule has 0 aromatic heterocycles. The number of carbonyl (C=O) groups is 1. The summed E-state index contributed by atoms with van der Waals surface area (Å²) < 4.78 is 5.50. The fourth-order valence-corrected chi connectivity index (χ4v) is 2.08. The predicted octanol–water partition coefficient (Wildman–Crippen LogP) is 3.70. The quantitative estimate of drug-likeness (QED) is 0.614. The van der Waals surface area contributed by atoms with Gasteiger partial charge in [-0.05, 0) is 39.7 Å². The third-order valence-electron chi connectivity index (χ3n) is 3.20. The van der Waals surface area contributed by atoms with Crippen LogP contribution in [0.1, 0.15) is 39.7 Å². The van der Waals surface area contributed by atoms with Crippen molar-refractivity contribution in [1.29, 1.82) is 0 Å². The number of hydrogen-bond acceptors (Lipinski definition) is 3. The molecule has 0 spiro atoms. The fraction of sp³-hybridized carbons (Fsp3) is 0.500. The highest BCUT2D eigenvalue weighted by molar-refractivity contribution is 5.73. The van der Waals surface area contributed by atoms with E-state index in [-0.39, 0.29) is 17.9 Å². The first-order valence-corrected chi connectivity index (χ1v) is 7.44. The van der Waals surface area contributed by atoms with Crippen molar-refractivity contribution in [2.45, 2.75) is 52.3 Å². The van der Waals surface area contributed by atoms with E-state index in [1.807, 2.05) is 45.9 Å². The van der Waals surface area contributed by atoms with Crippen molar-refractivity contribution in [2.75, 3.05) is 0 Å². The van der Waals surface area contributed by atoms with Gasteiger partial charge in [0.25, 0.3) is 0 Å². The van der Waals surface area contributed by atoms with Gasteiger partial charge < -0.3 is 10.1 Å². The molecule has 0 bridgehead atoms. The van der Waals surface area contributed by atoms with Crippen molar-refractivity contribution >= 4 is 5.97 Å². The van der Waals surface area contributed by atoms with Crippen LogP contribution in [0, 0.1) is 5.92 Å². The molecule has 21 heavy (non-hydrogen) atoms. The molecule has 0 saturated carbocycles. The van der Waals surface area contributed by atoms with Crippen molar-refractivity contribution in [1.82, 2.24) is 5.32 Å². The Morgan fingerprint density at radius 1 is 1.33 bits per heavy atom. The third-order valence-corrected chi connectivity index (χ3v) is 3.20. The molecule has 3 nitrogen and oxygen atoms in total. The number of rotatable bonds is 7. The van der Waals surface area contributed by atoms with E-state index < -0.39 is 5.60 Å². The van der Waals surface area contributed by atoms with E-state index in [1.165, 1.54) is 5.56 Å². The third kappa shape index (κ3) is 6.58. The Balaban J connectivity index is 2.62. The SMILES string of the molecule is C=CC[C@H](C(=O)OC(C)(C)C)[C@H](C)NCc1ccccc1. The molecule has 1 rings (SSSR count). The molecule has 3 heteroatoms. The maximum absolute atomic E-state index is 12.3. The second-order valence-corrected chi connectivity index (χ2v) is 6.32. The summed E-state index contributed by atoms with van der Waals surface area (Å²) in [4.78, 5) is 12.3. The highest BCUT2D eigenvalue weighted by atomic mass is 16.6. The minimum atomic E-state index is -0.463. The van der Waals surface area contributed by atoms with E-state index in [1.54, 1.807) is 6.08 Å². The second kappa shape index (κ2) is 7.99. The van der Waals surface area contributed by atoms with Gasteiger partial charge in [0.1, 0.15) is 5.60 Å². The molecular weight excluding hydrogens is 262 g/mol. The smallest absolute Gasteiger partial charge is 0.311 e. The lowest BCUT2D eigenvalue weighted by atomic mass is 9.96. The zero-order chi connectivity index (χ0) is 15.9. The van der Waals surface area contributed by atoms with Crippen molar-refractivity contribution in [3.05, 3.63) is 48.6 Å². The van der Waals surface area contributed by atoms with Crippen molar-refractivity contribution in [2.24, 2.45) is 5.92 Å². The van der Waals surface area contributed by atoms with Gasteiger partial charge in [-0.1, -0.05) is 36.4 Å². The van der Waals surface area contributed by atoms with Gasteiger partial charge in [-0.25, -0.2) is 0 Å². The maximum Gasteiger partial charge on any atom is 0.311 e. The van der Waals surface area contributed by atoms with Crippen molar-refractivity contribution in [3.8, 4) is 0 Å². The van der Waals surface area contributed by atoms with Gasteiger partial charge >= 0.3 is 5.97 Å². The lowest BCUT2D eigenvalue weighted by Gasteiger charge is -2.27. The summed E-state index contributed by atoms with van der Waals surface area (Å²) in [6, 6.07) is 10.2. The highest BCUT2D eigenvalue weighted by Gasteiger charge is 2.28. The number of carbonyl (C=O) groups excluding carboxylic acids is 1. The standard InChI is InChI=1S/C18H27NO2/c1-6-10-16(17(20)21-18(3,4)5)14(2)19-13-15-11-8-7-9-12-15/h6-9,11-12,14,16,19H,1,10,13H2,2-5H3/t14-,16-/m0/s1. The summed E-state index contributed by atoms with van der Waals surface area (Å²) >= 11 is 0.